The number of hydrogen-bond donors (Lipinski definition) is 1. The highest BCUT2D eigenvalue weighted by Gasteiger charge is 2.28. The van der Waals surface area contributed by atoms with Crippen LogP contribution >= 0.6 is 23.8 Å². The Labute approximate surface area is 120 Å². The number of hydrogen-bond acceptors (Lipinski definition) is 4. The lowest BCUT2D eigenvalue weighted by Crippen LogP contribution is -2.50. The number of amides is 2. The first-order valence-corrected chi connectivity index (χ1v) is 6.24. The van der Waals surface area contributed by atoms with Gasteiger partial charge in [0.05, 0.1) is 5.71 Å². The van der Waals surface area contributed by atoms with Crippen molar-refractivity contribution in [3.05, 3.63) is 34.9 Å². The van der Waals surface area contributed by atoms with Crippen LogP contribution in [0.25, 0.3) is 0 Å². The van der Waals surface area contributed by atoms with Crippen molar-refractivity contribution in [1.82, 2.24) is 10.3 Å². The molecule has 1 fully saturated rings. The zero-order valence-electron chi connectivity index (χ0n) is 10.0. The Morgan fingerprint density at radius 3 is 2.58 bits per heavy atom. The lowest BCUT2D eigenvalue weighted by molar-refractivity contribution is -0.134. The molecule has 0 unspecified atom stereocenters. The fourth-order valence-corrected chi connectivity index (χ4v) is 1.92. The van der Waals surface area contributed by atoms with E-state index in [0.717, 1.165) is 10.6 Å². The summed E-state index contributed by atoms with van der Waals surface area (Å²) >= 11 is 10.7. The van der Waals surface area contributed by atoms with E-state index in [9.17, 15) is 9.59 Å². The van der Waals surface area contributed by atoms with Gasteiger partial charge in [0, 0.05) is 5.02 Å². The highest BCUT2D eigenvalue weighted by atomic mass is 35.5. The van der Waals surface area contributed by atoms with Crippen molar-refractivity contribution in [3.8, 4) is 0 Å². The van der Waals surface area contributed by atoms with E-state index in [-0.39, 0.29) is 11.5 Å². The van der Waals surface area contributed by atoms with Gasteiger partial charge in [-0.2, -0.15) is 10.1 Å². The van der Waals surface area contributed by atoms with Crippen molar-refractivity contribution in [3.63, 3.8) is 0 Å². The van der Waals surface area contributed by atoms with Crippen LogP contribution < -0.4 is 5.32 Å². The molecular weight excluding hydrogens is 286 g/mol. The van der Waals surface area contributed by atoms with Gasteiger partial charge in [0.25, 0.3) is 5.91 Å². The number of rotatable bonds is 2. The molecule has 1 aromatic rings. The summed E-state index contributed by atoms with van der Waals surface area (Å²) in [6.45, 7) is 1.75. The number of nitrogens with zero attached hydrogens (tertiary/aromatic N) is 2. The minimum Gasteiger partial charge on any atom is -0.301 e. The average Bonchev–Trinajstić information content (AvgIpc) is 2.34. The molecule has 5 nitrogen and oxygen atoms in total. The molecule has 0 aromatic heterocycles. The topological polar surface area (TPSA) is 61.8 Å². The summed E-state index contributed by atoms with van der Waals surface area (Å²) in [5.41, 5.74) is 1.42. The average molecular weight is 296 g/mol. The molecule has 1 aliphatic heterocycles. The van der Waals surface area contributed by atoms with Crippen LogP contribution in [-0.2, 0) is 9.59 Å². The Morgan fingerprint density at radius 1 is 1.37 bits per heavy atom. The first-order chi connectivity index (χ1) is 8.97. The van der Waals surface area contributed by atoms with E-state index in [0.29, 0.717) is 10.7 Å². The Morgan fingerprint density at radius 2 is 2.00 bits per heavy atom. The fourth-order valence-electron chi connectivity index (χ4n) is 1.54. The third kappa shape index (κ3) is 3.15. The van der Waals surface area contributed by atoms with Crippen LogP contribution in [0.5, 0.6) is 0 Å². The third-order valence-electron chi connectivity index (χ3n) is 2.50. The predicted octanol–water partition coefficient (Wildman–Crippen LogP) is 1.70. The smallest absolute Gasteiger partial charge is 0.258 e. The van der Waals surface area contributed by atoms with E-state index in [1.165, 1.54) is 0 Å². The lowest BCUT2D eigenvalue weighted by Gasteiger charge is -2.23. The van der Waals surface area contributed by atoms with Gasteiger partial charge in [-0.15, -0.1) is 0 Å². The summed E-state index contributed by atoms with van der Waals surface area (Å²) in [6.07, 6.45) is -0.252. The summed E-state index contributed by atoms with van der Waals surface area (Å²) in [7, 11) is 0. The second kappa shape index (κ2) is 5.46. The van der Waals surface area contributed by atoms with Crippen molar-refractivity contribution >= 4 is 46.5 Å². The standard InChI is InChI=1S/C12H10ClN3O2S/c1-7(8-2-4-9(13)5-3-8)15-16-11(18)6-10(17)14-12(16)19/h2-5H,6H2,1H3,(H,14,17,19). The first kappa shape index (κ1) is 13.6. The molecule has 0 spiro atoms. The SMILES string of the molecule is CC(=NN1C(=O)CC(=O)NC1=S)c1ccc(Cl)cc1. The number of thiocarbonyl (C=S) groups is 1. The van der Waals surface area contributed by atoms with Gasteiger partial charge >= 0.3 is 0 Å². The van der Waals surface area contributed by atoms with Gasteiger partial charge in [0.2, 0.25) is 11.0 Å². The molecule has 0 saturated carbocycles. The van der Waals surface area contributed by atoms with E-state index >= 15 is 0 Å². The van der Waals surface area contributed by atoms with Gasteiger partial charge in [0.1, 0.15) is 6.42 Å². The van der Waals surface area contributed by atoms with Crippen LogP contribution in [0.4, 0.5) is 0 Å². The van der Waals surface area contributed by atoms with Crippen LogP contribution in [0.15, 0.2) is 29.4 Å². The number of nitrogens with one attached hydrogen (secondary N) is 1. The van der Waals surface area contributed by atoms with Crippen molar-refractivity contribution in [2.45, 2.75) is 13.3 Å². The molecule has 0 bridgehead atoms. The molecule has 98 valence electrons. The number of hydrazone groups is 1. The molecule has 19 heavy (non-hydrogen) atoms. The molecular formula is C12H10ClN3O2S. The summed E-state index contributed by atoms with van der Waals surface area (Å²) < 4.78 is 0. The van der Waals surface area contributed by atoms with E-state index in [4.69, 9.17) is 23.8 Å². The number of benzene rings is 1. The normalized spacial score (nSPS) is 16.6. The molecule has 7 heteroatoms. The van der Waals surface area contributed by atoms with Gasteiger partial charge in [-0.3, -0.25) is 9.59 Å². The van der Waals surface area contributed by atoms with Crippen LogP contribution in [0, 0.1) is 0 Å². The third-order valence-corrected chi connectivity index (χ3v) is 3.03. The molecule has 0 atom stereocenters. The van der Waals surface area contributed by atoms with Crippen molar-refractivity contribution in [2.75, 3.05) is 0 Å². The van der Waals surface area contributed by atoms with Gasteiger partial charge in [-0.25, -0.2) is 0 Å². The largest absolute Gasteiger partial charge is 0.301 e. The molecule has 0 radical (unpaired) electrons. The fraction of sp³-hybridized carbons (Fsp3) is 0.167. The monoisotopic (exact) mass is 295 g/mol. The number of halogens is 1. The van der Waals surface area contributed by atoms with Crippen LogP contribution in [0.2, 0.25) is 5.02 Å². The maximum Gasteiger partial charge on any atom is 0.258 e. The van der Waals surface area contributed by atoms with E-state index in [1.807, 2.05) is 0 Å². The van der Waals surface area contributed by atoms with Crippen LogP contribution in [-0.4, -0.2) is 27.6 Å². The first-order valence-electron chi connectivity index (χ1n) is 5.45. The molecule has 1 saturated heterocycles. The van der Waals surface area contributed by atoms with Crippen molar-refractivity contribution in [1.29, 1.82) is 0 Å². The molecule has 1 aromatic carbocycles. The van der Waals surface area contributed by atoms with E-state index in [1.54, 1.807) is 31.2 Å². The Bertz CT molecular complexity index is 563. The second-order valence-corrected chi connectivity index (χ2v) is 4.75. The van der Waals surface area contributed by atoms with Crippen molar-refractivity contribution < 1.29 is 9.59 Å². The molecule has 2 rings (SSSR count). The quantitative estimate of drug-likeness (QED) is 0.513. The lowest BCUT2D eigenvalue weighted by atomic mass is 10.1. The molecule has 1 heterocycles. The number of carbonyl (C=O) groups is 2. The van der Waals surface area contributed by atoms with Crippen molar-refractivity contribution in [2.24, 2.45) is 5.10 Å². The van der Waals surface area contributed by atoms with Gasteiger partial charge < -0.3 is 5.32 Å². The summed E-state index contributed by atoms with van der Waals surface area (Å²) in [5, 5.41) is 8.17. The maximum absolute atomic E-state index is 11.7. The highest BCUT2D eigenvalue weighted by molar-refractivity contribution is 7.80. The van der Waals surface area contributed by atoms with Crippen LogP contribution in [0.3, 0.4) is 0 Å². The number of carbonyl (C=O) groups excluding carboxylic acids is 2. The highest BCUT2D eigenvalue weighted by Crippen LogP contribution is 2.12. The second-order valence-electron chi connectivity index (χ2n) is 3.93. The summed E-state index contributed by atoms with van der Waals surface area (Å²) in [5.74, 6) is -0.854. The Balaban J connectivity index is 2.24. The van der Waals surface area contributed by atoms with E-state index < -0.39 is 11.8 Å². The predicted molar refractivity (Wildman–Crippen MR) is 75.9 cm³/mol. The molecule has 2 amide bonds. The molecule has 1 N–H and O–H groups in total. The van der Waals surface area contributed by atoms with Gasteiger partial charge in [-0.05, 0) is 36.8 Å². The minimum atomic E-state index is -0.443. The zero-order chi connectivity index (χ0) is 14.0. The summed E-state index contributed by atoms with van der Waals surface area (Å²) in [4.78, 5) is 22.8. The van der Waals surface area contributed by atoms with Gasteiger partial charge in [-0.1, -0.05) is 23.7 Å². The Hall–Kier alpha value is -1.79. The van der Waals surface area contributed by atoms with Crippen LogP contribution in [0.1, 0.15) is 18.9 Å². The maximum atomic E-state index is 11.7. The van der Waals surface area contributed by atoms with Gasteiger partial charge in [0.15, 0.2) is 0 Å². The summed E-state index contributed by atoms with van der Waals surface area (Å²) in [6, 6.07) is 7.04. The zero-order valence-corrected chi connectivity index (χ0v) is 11.6. The van der Waals surface area contributed by atoms with E-state index in [2.05, 4.69) is 10.4 Å². The molecule has 0 aliphatic carbocycles. The Kier molecular flexibility index (Phi) is 3.92. The minimum absolute atomic E-state index is 0.00503. The molecule has 1 aliphatic rings.